The molecule has 0 saturated carbocycles. The maximum atomic E-state index is 5.38. The Morgan fingerprint density at radius 1 is 1.47 bits per heavy atom. The highest BCUT2D eigenvalue weighted by Crippen LogP contribution is 2.29. The number of hydrogen-bond acceptors (Lipinski definition) is 3. The highest BCUT2D eigenvalue weighted by molar-refractivity contribution is 9.10. The van der Waals surface area contributed by atoms with Gasteiger partial charge in [-0.2, -0.15) is 5.10 Å². The van der Waals surface area contributed by atoms with E-state index in [4.69, 9.17) is 9.47 Å². The molecule has 1 heterocycles. The molecule has 0 atom stereocenters. The molecule has 0 aliphatic rings. The summed E-state index contributed by atoms with van der Waals surface area (Å²) in [5.41, 5.74) is 0.909. The minimum Gasteiger partial charge on any atom is -0.466 e. The molecule has 1 aromatic heterocycles. The second-order valence-corrected chi connectivity index (χ2v) is 4.05. The molecular weight excluding hydrogens is 260 g/mol. The van der Waals surface area contributed by atoms with Gasteiger partial charge in [-0.15, -0.1) is 0 Å². The summed E-state index contributed by atoms with van der Waals surface area (Å²) in [6.07, 6.45) is 1.96. The van der Waals surface area contributed by atoms with E-state index in [2.05, 4.69) is 21.0 Å². The van der Waals surface area contributed by atoms with Crippen LogP contribution in [0.5, 0.6) is 5.75 Å². The van der Waals surface area contributed by atoms with Gasteiger partial charge in [-0.25, -0.2) is 0 Å². The summed E-state index contributed by atoms with van der Waals surface area (Å²) in [4.78, 5) is 0. The summed E-state index contributed by atoms with van der Waals surface area (Å²) in [6, 6.07) is 3.87. The SMILES string of the molecule is COCOc1cc2nn(C)cc2cc1Br. The van der Waals surface area contributed by atoms with Crippen molar-refractivity contribution in [1.82, 2.24) is 9.78 Å². The third-order valence-electron chi connectivity index (χ3n) is 2.00. The summed E-state index contributed by atoms with van der Waals surface area (Å²) < 4.78 is 12.9. The first-order valence-electron chi connectivity index (χ1n) is 4.45. The number of fused-ring (bicyclic) bond motifs is 1. The number of aromatic nitrogens is 2. The molecule has 80 valence electrons. The monoisotopic (exact) mass is 270 g/mol. The molecule has 0 spiro atoms. The Labute approximate surface area is 95.9 Å². The third-order valence-corrected chi connectivity index (χ3v) is 2.62. The maximum absolute atomic E-state index is 5.38. The molecule has 0 unspecified atom stereocenters. The van der Waals surface area contributed by atoms with Gasteiger partial charge in [0.25, 0.3) is 0 Å². The number of halogens is 1. The molecule has 1 aromatic carbocycles. The average molecular weight is 271 g/mol. The Morgan fingerprint density at radius 3 is 3.00 bits per heavy atom. The van der Waals surface area contributed by atoms with Crippen LogP contribution >= 0.6 is 15.9 Å². The van der Waals surface area contributed by atoms with E-state index in [1.165, 1.54) is 0 Å². The molecule has 4 nitrogen and oxygen atoms in total. The van der Waals surface area contributed by atoms with Crippen LogP contribution in [0, 0.1) is 0 Å². The smallest absolute Gasteiger partial charge is 0.188 e. The van der Waals surface area contributed by atoms with Crippen molar-refractivity contribution in [3.63, 3.8) is 0 Å². The Morgan fingerprint density at radius 2 is 2.27 bits per heavy atom. The van der Waals surface area contributed by atoms with Crippen molar-refractivity contribution in [1.29, 1.82) is 0 Å². The molecule has 0 bridgehead atoms. The first-order chi connectivity index (χ1) is 7.20. The highest BCUT2D eigenvalue weighted by atomic mass is 79.9. The molecular formula is C10H11BrN2O2. The first-order valence-corrected chi connectivity index (χ1v) is 5.24. The Bertz CT molecular complexity index is 481. The van der Waals surface area contributed by atoms with Crippen molar-refractivity contribution in [3.05, 3.63) is 22.8 Å². The largest absolute Gasteiger partial charge is 0.466 e. The normalized spacial score (nSPS) is 10.9. The fourth-order valence-electron chi connectivity index (χ4n) is 1.38. The first kappa shape index (κ1) is 10.4. The zero-order valence-corrected chi connectivity index (χ0v) is 10.1. The molecule has 0 aliphatic carbocycles. The summed E-state index contributed by atoms with van der Waals surface area (Å²) in [7, 11) is 3.48. The Balaban J connectivity index is 2.42. The quantitative estimate of drug-likeness (QED) is 0.804. The minimum absolute atomic E-state index is 0.233. The second-order valence-electron chi connectivity index (χ2n) is 3.20. The summed E-state index contributed by atoms with van der Waals surface area (Å²) >= 11 is 3.44. The van der Waals surface area contributed by atoms with Gasteiger partial charge < -0.3 is 9.47 Å². The lowest BCUT2D eigenvalue weighted by molar-refractivity contribution is 0.0507. The topological polar surface area (TPSA) is 36.3 Å². The van der Waals surface area contributed by atoms with E-state index in [9.17, 15) is 0 Å². The van der Waals surface area contributed by atoms with Crippen LogP contribution in [0.2, 0.25) is 0 Å². The van der Waals surface area contributed by atoms with E-state index >= 15 is 0 Å². The van der Waals surface area contributed by atoms with Crippen molar-refractivity contribution in [3.8, 4) is 5.75 Å². The fraction of sp³-hybridized carbons (Fsp3) is 0.300. The highest BCUT2D eigenvalue weighted by Gasteiger charge is 2.06. The van der Waals surface area contributed by atoms with Gasteiger partial charge in [0.15, 0.2) is 6.79 Å². The van der Waals surface area contributed by atoms with Crippen LogP contribution < -0.4 is 4.74 Å². The van der Waals surface area contributed by atoms with Crippen LogP contribution in [-0.2, 0) is 11.8 Å². The van der Waals surface area contributed by atoms with E-state index in [0.29, 0.717) is 0 Å². The fourth-order valence-corrected chi connectivity index (χ4v) is 1.86. The lowest BCUT2D eigenvalue weighted by atomic mass is 10.2. The van der Waals surface area contributed by atoms with Crippen LogP contribution in [0.3, 0.4) is 0 Å². The van der Waals surface area contributed by atoms with E-state index in [0.717, 1.165) is 21.1 Å². The Hall–Kier alpha value is -1.07. The van der Waals surface area contributed by atoms with Crippen LogP contribution in [0.15, 0.2) is 22.8 Å². The van der Waals surface area contributed by atoms with Gasteiger partial charge in [0, 0.05) is 31.8 Å². The number of aryl methyl sites for hydroxylation is 1. The van der Waals surface area contributed by atoms with Gasteiger partial charge in [-0.1, -0.05) is 0 Å². The summed E-state index contributed by atoms with van der Waals surface area (Å²) in [6.45, 7) is 0.233. The molecule has 0 amide bonds. The summed E-state index contributed by atoms with van der Waals surface area (Å²) in [5.74, 6) is 0.739. The van der Waals surface area contributed by atoms with Crippen LogP contribution in [-0.4, -0.2) is 23.7 Å². The molecule has 2 aromatic rings. The maximum Gasteiger partial charge on any atom is 0.188 e. The van der Waals surface area contributed by atoms with E-state index in [-0.39, 0.29) is 6.79 Å². The minimum atomic E-state index is 0.233. The molecule has 0 fully saturated rings. The average Bonchev–Trinajstić information content (AvgIpc) is 2.53. The van der Waals surface area contributed by atoms with Crippen molar-refractivity contribution in [2.24, 2.45) is 7.05 Å². The number of rotatable bonds is 3. The molecule has 0 N–H and O–H groups in total. The number of benzene rings is 1. The third kappa shape index (κ3) is 2.13. The number of hydrogen-bond donors (Lipinski definition) is 0. The number of ether oxygens (including phenoxy) is 2. The van der Waals surface area contributed by atoms with Crippen LogP contribution in [0.4, 0.5) is 0 Å². The lowest BCUT2D eigenvalue weighted by Gasteiger charge is -2.06. The molecule has 0 radical (unpaired) electrons. The summed E-state index contributed by atoms with van der Waals surface area (Å²) in [5, 5.41) is 5.38. The van der Waals surface area contributed by atoms with Crippen molar-refractivity contribution >= 4 is 26.8 Å². The number of methoxy groups -OCH3 is 1. The van der Waals surface area contributed by atoms with E-state index < -0.39 is 0 Å². The number of nitrogens with zero attached hydrogens (tertiary/aromatic N) is 2. The van der Waals surface area contributed by atoms with E-state index in [1.807, 2.05) is 25.4 Å². The lowest BCUT2D eigenvalue weighted by Crippen LogP contribution is -1.99. The van der Waals surface area contributed by atoms with Crippen LogP contribution in [0.1, 0.15) is 0 Å². The predicted octanol–water partition coefficient (Wildman–Crippen LogP) is 2.32. The Kier molecular flexibility index (Phi) is 2.93. The van der Waals surface area contributed by atoms with Crippen molar-refractivity contribution in [2.75, 3.05) is 13.9 Å². The molecule has 15 heavy (non-hydrogen) atoms. The standard InChI is InChI=1S/C10H11BrN2O2/c1-13-5-7-3-8(11)10(15-6-14-2)4-9(7)12-13/h3-5H,6H2,1-2H3. The van der Waals surface area contributed by atoms with Gasteiger partial charge in [0.1, 0.15) is 5.75 Å². The van der Waals surface area contributed by atoms with Gasteiger partial charge >= 0.3 is 0 Å². The van der Waals surface area contributed by atoms with E-state index in [1.54, 1.807) is 11.8 Å². The second kappa shape index (κ2) is 4.20. The zero-order chi connectivity index (χ0) is 10.8. The van der Waals surface area contributed by atoms with Gasteiger partial charge in [-0.05, 0) is 22.0 Å². The molecule has 0 aliphatic heterocycles. The van der Waals surface area contributed by atoms with Gasteiger partial charge in [-0.3, -0.25) is 4.68 Å². The zero-order valence-electron chi connectivity index (χ0n) is 8.53. The molecule has 0 saturated heterocycles. The predicted molar refractivity (Wildman–Crippen MR) is 60.9 cm³/mol. The van der Waals surface area contributed by atoms with Crippen molar-refractivity contribution in [2.45, 2.75) is 0 Å². The molecule has 5 heteroatoms. The molecule has 2 rings (SSSR count). The van der Waals surface area contributed by atoms with Crippen molar-refractivity contribution < 1.29 is 9.47 Å². The van der Waals surface area contributed by atoms with Gasteiger partial charge in [0.05, 0.1) is 9.99 Å². The van der Waals surface area contributed by atoms with Crippen LogP contribution in [0.25, 0.3) is 10.9 Å². The van der Waals surface area contributed by atoms with Gasteiger partial charge in [0.2, 0.25) is 0 Å².